The maximum atomic E-state index is 5.76. The van der Waals surface area contributed by atoms with Gasteiger partial charge in [0.25, 0.3) is 0 Å². The van der Waals surface area contributed by atoms with Crippen molar-refractivity contribution >= 4 is 26.9 Å². The van der Waals surface area contributed by atoms with Gasteiger partial charge in [0.2, 0.25) is 0 Å². The molecule has 0 spiro atoms. The van der Waals surface area contributed by atoms with Crippen LogP contribution in [0.5, 0.6) is 0 Å². The summed E-state index contributed by atoms with van der Waals surface area (Å²) < 4.78 is 11.1. The van der Waals surface area contributed by atoms with Crippen LogP contribution in [0.15, 0.2) is 72.9 Å². The number of allylic oxidation sites excluding steroid dienone is 8. The number of rotatable bonds is 16. The predicted molar refractivity (Wildman–Crippen MR) is 131 cm³/mol. The molecular formula is C22H37O2P3. The lowest BCUT2D eigenvalue weighted by atomic mass is 10.2. The van der Waals surface area contributed by atoms with Crippen LogP contribution in [-0.2, 0) is 9.05 Å². The van der Waals surface area contributed by atoms with E-state index >= 15 is 0 Å². The van der Waals surface area contributed by atoms with E-state index in [2.05, 4.69) is 80.9 Å². The first-order valence-corrected chi connectivity index (χ1v) is 12.9. The monoisotopic (exact) mass is 426 g/mol. The van der Waals surface area contributed by atoms with Crippen molar-refractivity contribution < 1.29 is 9.05 Å². The Morgan fingerprint density at radius 1 is 0.815 bits per heavy atom. The highest BCUT2D eigenvalue weighted by molar-refractivity contribution is 8.00. The van der Waals surface area contributed by atoms with Crippen LogP contribution in [-0.4, -0.2) is 12.2 Å². The minimum Gasteiger partial charge on any atom is -0.358 e. The highest BCUT2D eigenvalue weighted by atomic mass is 32.0. The van der Waals surface area contributed by atoms with E-state index in [1.54, 1.807) is 0 Å². The SMILES string of the molecule is CC/C=C\C[C@@H](/C=C/C=C/C=C/[C@@H](C/C=C\C/C=C\CCC)OPP)OP. The molecule has 0 aliphatic rings. The second-order valence-electron chi connectivity index (χ2n) is 5.92. The van der Waals surface area contributed by atoms with Gasteiger partial charge in [0, 0.05) is 18.0 Å². The average molecular weight is 426 g/mol. The summed E-state index contributed by atoms with van der Waals surface area (Å²) in [4.78, 5) is 0. The molecule has 0 saturated heterocycles. The summed E-state index contributed by atoms with van der Waals surface area (Å²) in [5, 5.41) is 0. The quantitative estimate of drug-likeness (QED) is 0.143. The van der Waals surface area contributed by atoms with E-state index in [1.807, 2.05) is 24.3 Å². The van der Waals surface area contributed by atoms with E-state index in [9.17, 15) is 0 Å². The van der Waals surface area contributed by atoms with Crippen molar-refractivity contribution in [2.75, 3.05) is 0 Å². The molecule has 0 aromatic heterocycles. The average Bonchev–Trinajstić information content (AvgIpc) is 2.68. The van der Waals surface area contributed by atoms with Crippen molar-refractivity contribution in [3.05, 3.63) is 72.9 Å². The highest BCUT2D eigenvalue weighted by Gasteiger charge is 2.00. The largest absolute Gasteiger partial charge is 0.358 e. The van der Waals surface area contributed by atoms with E-state index in [1.165, 1.54) is 6.42 Å². The van der Waals surface area contributed by atoms with Crippen molar-refractivity contribution in [3.63, 3.8) is 0 Å². The Morgan fingerprint density at radius 3 is 2.07 bits per heavy atom. The molecular weight excluding hydrogens is 389 g/mol. The smallest absolute Gasteiger partial charge is 0.0836 e. The Kier molecular flexibility index (Phi) is 21.7. The van der Waals surface area contributed by atoms with E-state index in [0.717, 1.165) is 32.1 Å². The standard InChI is InChI=1S/C22H37O2P3/c1-3-5-7-8-9-10-15-19-22(24-27-26)20-16-12-11-14-18-21(23-25)17-13-6-4-2/h6-8,10-16,18,20-22,27H,3-5,9,17,19,25-26H2,1-2H3/b8-7-,12-11+,13-6-,15-10-,18-14+,20-16+/t21-,22+/m0/s1. The van der Waals surface area contributed by atoms with Gasteiger partial charge in [-0.15, -0.1) is 0 Å². The van der Waals surface area contributed by atoms with E-state index in [0.29, 0.717) is 8.50 Å². The molecule has 0 aromatic rings. The van der Waals surface area contributed by atoms with Crippen LogP contribution in [0.2, 0.25) is 0 Å². The fourth-order valence-corrected chi connectivity index (χ4v) is 3.20. The molecule has 0 saturated carbocycles. The van der Waals surface area contributed by atoms with Gasteiger partial charge in [-0.1, -0.05) is 102 Å². The van der Waals surface area contributed by atoms with Gasteiger partial charge >= 0.3 is 0 Å². The summed E-state index contributed by atoms with van der Waals surface area (Å²) in [5.41, 5.74) is 0. The van der Waals surface area contributed by atoms with E-state index < -0.39 is 0 Å². The molecule has 2 nitrogen and oxygen atoms in total. The molecule has 5 heteroatoms. The van der Waals surface area contributed by atoms with Gasteiger partial charge in [0.1, 0.15) is 0 Å². The van der Waals surface area contributed by atoms with Gasteiger partial charge in [-0.3, -0.25) is 0 Å². The summed E-state index contributed by atoms with van der Waals surface area (Å²) in [5.74, 6) is 0. The van der Waals surface area contributed by atoms with E-state index in [4.69, 9.17) is 9.05 Å². The molecule has 0 aliphatic heterocycles. The number of hydrogen-bond donors (Lipinski definition) is 0. The van der Waals surface area contributed by atoms with Crippen LogP contribution in [0.1, 0.15) is 52.4 Å². The van der Waals surface area contributed by atoms with Gasteiger partial charge in [-0.05, 0) is 32.1 Å². The molecule has 0 aromatic carbocycles. The van der Waals surface area contributed by atoms with Gasteiger partial charge < -0.3 is 9.05 Å². The predicted octanol–water partition coefficient (Wildman–Crippen LogP) is 7.65. The first kappa shape index (κ1) is 26.6. The number of hydrogen-bond acceptors (Lipinski definition) is 2. The fourth-order valence-electron chi connectivity index (χ4n) is 2.12. The zero-order chi connectivity index (χ0) is 20.0. The first-order valence-electron chi connectivity index (χ1n) is 9.71. The number of unbranched alkanes of at least 4 members (excludes halogenated alkanes) is 1. The highest BCUT2D eigenvalue weighted by Crippen LogP contribution is 2.25. The molecule has 152 valence electrons. The third-order valence-electron chi connectivity index (χ3n) is 3.58. The van der Waals surface area contributed by atoms with E-state index in [-0.39, 0.29) is 12.2 Å². The third kappa shape index (κ3) is 18.8. The Hall–Kier alpha value is -0.350. The zero-order valence-corrected chi connectivity index (χ0v) is 20.1. The zero-order valence-electron chi connectivity index (χ0n) is 16.8. The molecule has 0 aliphatic carbocycles. The van der Waals surface area contributed by atoms with Gasteiger partial charge in [-0.25, -0.2) is 0 Å². The Labute approximate surface area is 173 Å². The van der Waals surface area contributed by atoms with Gasteiger partial charge in [-0.2, -0.15) is 0 Å². The second kappa shape index (κ2) is 21.9. The molecule has 0 rings (SSSR count). The maximum absolute atomic E-state index is 5.76. The molecule has 5 atom stereocenters. The van der Waals surface area contributed by atoms with Crippen LogP contribution in [0.25, 0.3) is 0 Å². The maximum Gasteiger partial charge on any atom is 0.0836 e. The second-order valence-corrected chi connectivity index (χ2v) is 7.37. The van der Waals surface area contributed by atoms with Crippen LogP contribution >= 0.6 is 26.9 Å². The van der Waals surface area contributed by atoms with Gasteiger partial charge in [0.05, 0.1) is 12.2 Å². The van der Waals surface area contributed by atoms with Crippen LogP contribution in [0, 0.1) is 0 Å². The van der Waals surface area contributed by atoms with Crippen LogP contribution < -0.4 is 0 Å². The molecule has 3 unspecified atom stereocenters. The lowest BCUT2D eigenvalue weighted by Crippen LogP contribution is -2.01. The minimum absolute atomic E-state index is 0.0948. The topological polar surface area (TPSA) is 18.5 Å². The summed E-state index contributed by atoms with van der Waals surface area (Å²) >= 11 is 0. The van der Waals surface area contributed by atoms with Crippen molar-refractivity contribution in [1.29, 1.82) is 0 Å². The normalized spacial score (nSPS) is 16.0. The molecule has 0 fully saturated rings. The molecule has 0 amide bonds. The molecule has 0 bridgehead atoms. The molecule has 0 radical (unpaired) electrons. The Bertz CT molecular complexity index is 494. The molecule has 27 heavy (non-hydrogen) atoms. The van der Waals surface area contributed by atoms with Crippen molar-refractivity contribution in [2.45, 2.75) is 64.6 Å². The van der Waals surface area contributed by atoms with Crippen molar-refractivity contribution in [3.8, 4) is 0 Å². The van der Waals surface area contributed by atoms with Crippen molar-refractivity contribution in [2.24, 2.45) is 0 Å². The summed E-state index contributed by atoms with van der Waals surface area (Å²) in [7, 11) is 5.40. The summed E-state index contributed by atoms with van der Waals surface area (Å²) in [6.45, 7) is 4.33. The van der Waals surface area contributed by atoms with Crippen LogP contribution in [0.4, 0.5) is 0 Å². The molecule has 0 N–H and O–H groups in total. The Morgan fingerprint density at radius 2 is 1.44 bits per heavy atom. The summed E-state index contributed by atoms with van der Waals surface area (Å²) in [6.07, 6.45) is 31.9. The summed E-state index contributed by atoms with van der Waals surface area (Å²) in [6, 6.07) is 0. The Balaban J connectivity index is 4.29. The first-order chi connectivity index (χ1) is 13.3. The third-order valence-corrected chi connectivity index (χ3v) is 4.78. The van der Waals surface area contributed by atoms with Gasteiger partial charge in [0.15, 0.2) is 0 Å². The fraction of sp³-hybridized carbons (Fsp3) is 0.455. The minimum atomic E-state index is 0.0948. The van der Waals surface area contributed by atoms with Crippen LogP contribution in [0.3, 0.4) is 0 Å². The van der Waals surface area contributed by atoms with Crippen molar-refractivity contribution in [1.82, 2.24) is 0 Å². The lowest BCUT2D eigenvalue weighted by Gasteiger charge is -2.09. The molecule has 0 heterocycles. The lowest BCUT2D eigenvalue weighted by molar-refractivity contribution is 0.296.